The van der Waals surface area contributed by atoms with E-state index in [0.717, 1.165) is 11.3 Å². The van der Waals surface area contributed by atoms with Crippen LogP contribution in [-0.4, -0.2) is 24.6 Å². The maximum absolute atomic E-state index is 11.3. The molecule has 112 valence electrons. The number of guanidine groups is 1. The van der Waals surface area contributed by atoms with E-state index < -0.39 is 0 Å². The number of nitrogens with one attached hydrogen (secondary N) is 1. The minimum atomic E-state index is -0.262. The Labute approximate surface area is 137 Å². The second kappa shape index (κ2) is 9.57. The lowest BCUT2D eigenvalue weighted by Gasteiger charge is -2.07. The molecular weight excluding hydrogens is 369 g/mol. The van der Waals surface area contributed by atoms with Crippen LogP contribution < -0.4 is 11.1 Å². The normalized spacial score (nSPS) is 10.9. The lowest BCUT2D eigenvalue weighted by atomic mass is 10.2. The monoisotopic (exact) mass is 391 g/mol. The molecule has 0 spiro atoms. The molecule has 0 aliphatic heterocycles. The quantitative estimate of drug-likeness (QED) is 0.350. The van der Waals surface area contributed by atoms with Crippen LogP contribution in [0.5, 0.6) is 0 Å². The fourth-order valence-corrected chi connectivity index (χ4v) is 1.50. The molecule has 0 saturated heterocycles. The van der Waals surface area contributed by atoms with Crippen molar-refractivity contribution in [3.8, 4) is 0 Å². The third-order valence-electron chi connectivity index (χ3n) is 2.26. The zero-order valence-corrected chi connectivity index (χ0v) is 14.4. The standard InChI is InChI=1S/C14H21N3O2.HI/c1-10(2)19-13(18)7-8-16-14(15)17-12-6-4-5-11(3)9-12;/h4-6,9-10H,7-8H2,1-3H3,(H3,15,16,17);1H. The number of benzene rings is 1. The molecule has 0 unspecified atom stereocenters. The molecule has 0 fully saturated rings. The summed E-state index contributed by atoms with van der Waals surface area (Å²) in [5.74, 6) is 0.0325. The molecule has 0 aliphatic rings. The molecule has 0 amide bonds. The second-order valence-corrected chi connectivity index (χ2v) is 4.55. The number of hydrogen-bond donors (Lipinski definition) is 2. The first-order valence-electron chi connectivity index (χ1n) is 6.30. The number of nitrogens with zero attached hydrogens (tertiary/aromatic N) is 1. The predicted molar refractivity (Wildman–Crippen MR) is 92.6 cm³/mol. The first kappa shape index (κ1) is 18.7. The van der Waals surface area contributed by atoms with Gasteiger partial charge < -0.3 is 15.8 Å². The van der Waals surface area contributed by atoms with Crippen molar-refractivity contribution < 1.29 is 9.53 Å². The number of aryl methyl sites for hydroxylation is 1. The molecular formula is C14H22IN3O2. The number of nitrogens with two attached hydrogens (primary N) is 1. The van der Waals surface area contributed by atoms with Gasteiger partial charge in [0.05, 0.1) is 19.1 Å². The van der Waals surface area contributed by atoms with Gasteiger partial charge in [-0.15, -0.1) is 24.0 Å². The largest absolute Gasteiger partial charge is 0.463 e. The smallest absolute Gasteiger partial charge is 0.307 e. The Bertz CT molecular complexity index is 461. The Kier molecular flexibility index (Phi) is 8.94. The van der Waals surface area contributed by atoms with Crippen molar-refractivity contribution in [2.45, 2.75) is 33.3 Å². The summed E-state index contributed by atoms with van der Waals surface area (Å²) in [4.78, 5) is 15.4. The number of anilines is 1. The van der Waals surface area contributed by atoms with Crippen molar-refractivity contribution >= 4 is 41.6 Å². The number of hydrogen-bond acceptors (Lipinski definition) is 3. The molecule has 1 aromatic rings. The Hall–Kier alpha value is -1.31. The number of ether oxygens (including phenoxy) is 1. The van der Waals surface area contributed by atoms with Crippen molar-refractivity contribution in [2.24, 2.45) is 10.7 Å². The van der Waals surface area contributed by atoms with Gasteiger partial charge in [-0.2, -0.15) is 0 Å². The van der Waals surface area contributed by atoms with E-state index in [0.29, 0.717) is 12.5 Å². The first-order valence-corrected chi connectivity index (χ1v) is 6.30. The highest BCUT2D eigenvalue weighted by molar-refractivity contribution is 14.0. The summed E-state index contributed by atoms with van der Waals surface area (Å²) in [6.07, 6.45) is 0.133. The number of rotatable bonds is 5. The fourth-order valence-electron chi connectivity index (χ4n) is 1.50. The van der Waals surface area contributed by atoms with E-state index in [2.05, 4.69) is 10.3 Å². The van der Waals surface area contributed by atoms with Gasteiger partial charge >= 0.3 is 5.97 Å². The van der Waals surface area contributed by atoms with Gasteiger partial charge in [-0.1, -0.05) is 12.1 Å². The minimum absolute atomic E-state index is 0. The number of aliphatic imine (C=N–C) groups is 1. The summed E-state index contributed by atoms with van der Waals surface area (Å²) < 4.78 is 5.00. The molecule has 0 heterocycles. The first-order chi connectivity index (χ1) is 8.97. The van der Waals surface area contributed by atoms with Crippen molar-refractivity contribution in [3.05, 3.63) is 29.8 Å². The third kappa shape index (κ3) is 7.98. The van der Waals surface area contributed by atoms with Crippen LogP contribution in [0.3, 0.4) is 0 Å². The van der Waals surface area contributed by atoms with Gasteiger partial charge in [0.25, 0.3) is 0 Å². The van der Waals surface area contributed by atoms with Gasteiger partial charge in [-0.25, -0.2) is 0 Å². The van der Waals surface area contributed by atoms with Gasteiger partial charge in [-0.3, -0.25) is 9.79 Å². The van der Waals surface area contributed by atoms with Gasteiger partial charge in [0.1, 0.15) is 0 Å². The van der Waals surface area contributed by atoms with Gasteiger partial charge in [0, 0.05) is 5.69 Å². The van der Waals surface area contributed by atoms with E-state index in [1.807, 2.05) is 45.0 Å². The molecule has 0 atom stereocenters. The maximum atomic E-state index is 11.3. The van der Waals surface area contributed by atoms with E-state index in [9.17, 15) is 4.79 Å². The molecule has 5 nitrogen and oxygen atoms in total. The van der Waals surface area contributed by atoms with E-state index >= 15 is 0 Å². The SMILES string of the molecule is Cc1cccc(NC(N)=NCCC(=O)OC(C)C)c1.I. The van der Waals surface area contributed by atoms with Crippen molar-refractivity contribution in [1.29, 1.82) is 0 Å². The highest BCUT2D eigenvalue weighted by Crippen LogP contribution is 2.08. The van der Waals surface area contributed by atoms with E-state index in [-0.39, 0.29) is 42.5 Å². The van der Waals surface area contributed by atoms with Crippen molar-refractivity contribution in [3.63, 3.8) is 0 Å². The molecule has 0 aromatic heterocycles. The number of halogens is 1. The topological polar surface area (TPSA) is 76.7 Å². The molecule has 0 radical (unpaired) electrons. The molecule has 3 N–H and O–H groups in total. The summed E-state index contributed by atoms with van der Waals surface area (Å²) in [5.41, 5.74) is 7.75. The Morgan fingerprint density at radius 1 is 1.45 bits per heavy atom. The van der Waals surface area contributed by atoms with Gasteiger partial charge in [-0.05, 0) is 38.5 Å². The number of esters is 1. The molecule has 0 aliphatic carbocycles. The van der Waals surface area contributed by atoms with Crippen LogP contribution in [0, 0.1) is 6.92 Å². The minimum Gasteiger partial charge on any atom is -0.463 e. The second-order valence-electron chi connectivity index (χ2n) is 4.55. The molecule has 6 heteroatoms. The molecule has 1 aromatic carbocycles. The van der Waals surface area contributed by atoms with Gasteiger partial charge in [0.15, 0.2) is 5.96 Å². The summed E-state index contributed by atoms with van der Waals surface area (Å²) in [6.45, 7) is 5.94. The van der Waals surface area contributed by atoms with Crippen LogP contribution in [0.4, 0.5) is 5.69 Å². The van der Waals surface area contributed by atoms with Crippen LogP contribution in [0.25, 0.3) is 0 Å². The Balaban J connectivity index is 0.00000361. The van der Waals surface area contributed by atoms with Crippen LogP contribution in [0.1, 0.15) is 25.8 Å². The highest BCUT2D eigenvalue weighted by atomic mass is 127. The summed E-state index contributed by atoms with van der Waals surface area (Å²) in [5, 5.41) is 2.97. The molecule has 1 rings (SSSR count). The van der Waals surface area contributed by atoms with Gasteiger partial charge in [0.2, 0.25) is 0 Å². The zero-order valence-electron chi connectivity index (χ0n) is 12.1. The molecule has 0 saturated carbocycles. The van der Waals surface area contributed by atoms with E-state index in [4.69, 9.17) is 10.5 Å². The lowest BCUT2D eigenvalue weighted by Crippen LogP contribution is -2.23. The lowest BCUT2D eigenvalue weighted by molar-refractivity contribution is -0.147. The van der Waals surface area contributed by atoms with Crippen LogP contribution in [-0.2, 0) is 9.53 Å². The summed E-state index contributed by atoms with van der Waals surface area (Å²) >= 11 is 0. The predicted octanol–water partition coefficient (Wildman–Crippen LogP) is 2.68. The average molecular weight is 391 g/mol. The summed E-state index contributed by atoms with van der Waals surface area (Å²) in [7, 11) is 0. The van der Waals surface area contributed by atoms with Crippen LogP contribution >= 0.6 is 24.0 Å². The Morgan fingerprint density at radius 2 is 2.15 bits per heavy atom. The highest BCUT2D eigenvalue weighted by Gasteiger charge is 2.04. The maximum Gasteiger partial charge on any atom is 0.307 e. The van der Waals surface area contributed by atoms with Crippen molar-refractivity contribution in [1.82, 2.24) is 0 Å². The van der Waals surface area contributed by atoms with Crippen molar-refractivity contribution in [2.75, 3.05) is 11.9 Å². The van der Waals surface area contributed by atoms with Crippen LogP contribution in [0.15, 0.2) is 29.3 Å². The van der Waals surface area contributed by atoms with E-state index in [1.165, 1.54) is 0 Å². The molecule has 20 heavy (non-hydrogen) atoms. The third-order valence-corrected chi connectivity index (χ3v) is 2.26. The fraction of sp³-hybridized carbons (Fsp3) is 0.429. The Morgan fingerprint density at radius 3 is 2.75 bits per heavy atom. The zero-order chi connectivity index (χ0) is 14.3. The molecule has 0 bridgehead atoms. The van der Waals surface area contributed by atoms with Crippen LogP contribution in [0.2, 0.25) is 0 Å². The number of carbonyl (C=O) groups excluding carboxylic acids is 1. The number of carbonyl (C=O) groups is 1. The van der Waals surface area contributed by atoms with E-state index in [1.54, 1.807) is 0 Å². The average Bonchev–Trinajstić information content (AvgIpc) is 2.27. The summed E-state index contributed by atoms with van der Waals surface area (Å²) in [6, 6.07) is 7.81.